The molecule has 1 heterocycles. The number of nitrogens with zero attached hydrogens (tertiary/aromatic N) is 2. The first-order valence-corrected chi connectivity index (χ1v) is 3.75. The molecule has 0 saturated carbocycles. The van der Waals surface area contributed by atoms with Gasteiger partial charge < -0.3 is 16.6 Å². The van der Waals surface area contributed by atoms with Gasteiger partial charge in [0, 0.05) is 7.05 Å². The van der Waals surface area contributed by atoms with Crippen molar-refractivity contribution < 1.29 is 9.90 Å². The van der Waals surface area contributed by atoms with E-state index in [0.717, 1.165) is 0 Å². The molecule has 12 heavy (non-hydrogen) atoms. The molecule has 2 unspecified atom stereocenters. The third kappa shape index (κ3) is 1.29. The normalized spacial score (nSPS) is 31.7. The van der Waals surface area contributed by atoms with Gasteiger partial charge in [-0.05, 0) is 0 Å². The number of carbonyl (C=O) groups excluding carboxylic acids is 1. The molecule has 1 amide bonds. The van der Waals surface area contributed by atoms with Gasteiger partial charge in [-0.1, -0.05) is 0 Å². The molecule has 5 N–H and O–H groups in total. The smallest absolute Gasteiger partial charge is 0.256 e. The molecule has 2 atom stereocenters. The molecule has 1 saturated heterocycles. The topological polar surface area (TPSA) is 95.8 Å². The second-order valence-corrected chi connectivity index (χ2v) is 2.78. The van der Waals surface area contributed by atoms with Crippen LogP contribution in [0.5, 0.6) is 0 Å². The zero-order chi connectivity index (χ0) is 9.30. The minimum absolute atomic E-state index is 0.0878. The minimum Gasteiger partial charge on any atom is -0.394 e. The molecular formula is C6H14N4O2. The molecule has 1 aliphatic heterocycles. The lowest BCUT2D eigenvalue weighted by Crippen LogP contribution is -2.47. The summed E-state index contributed by atoms with van der Waals surface area (Å²) < 4.78 is 0. The van der Waals surface area contributed by atoms with Crippen molar-refractivity contribution in [3.63, 3.8) is 0 Å². The van der Waals surface area contributed by atoms with E-state index in [1.165, 1.54) is 5.01 Å². The van der Waals surface area contributed by atoms with Crippen molar-refractivity contribution in [2.45, 2.75) is 12.2 Å². The van der Waals surface area contributed by atoms with Crippen molar-refractivity contribution in [2.75, 3.05) is 20.2 Å². The van der Waals surface area contributed by atoms with Crippen LogP contribution in [0.4, 0.5) is 0 Å². The van der Waals surface area contributed by atoms with Crippen molar-refractivity contribution in [3.05, 3.63) is 0 Å². The highest BCUT2D eigenvalue weighted by molar-refractivity contribution is 5.83. The second kappa shape index (κ2) is 3.36. The molecule has 0 aliphatic carbocycles. The summed E-state index contributed by atoms with van der Waals surface area (Å²) in [7, 11) is 1.67. The number of likely N-dealkylation sites (N-methyl/N-ethyl adjacent to an activating group) is 1. The number of hydrazine groups is 1. The fourth-order valence-electron chi connectivity index (χ4n) is 1.23. The molecule has 70 valence electrons. The Bertz CT molecular complexity index is 186. The lowest BCUT2D eigenvalue weighted by molar-refractivity contribution is -0.138. The largest absolute Gasteiger partial charge is 0.394 e. The van der Waals surface area contributed by atoms with Crippen LogP contribution in [0.1, 0.15) is 0 Å². The van der Waals surface area contributed by atoms with Crippen LogP contribution in [-0.2, 0) is 4.79 Å². The van der Waals surface area contributed by atoms with Gasteiger partial charge in [-0.3, -0.25) is 9.80 Å². The number of hydrogen-bond donors (Lipinski definition) is 3. The van der Waals surface area contributed by atoms with E-state index < -0.39 is 12.2 Å². The van der Waals surface area contributed by atoms with Gasteiger partial charge in [0.2, 0.25) is 0 Å². The van der Waals surface area contributed by atoms with E-state index in [-0.39, 0.29) is 19.1 Å². The fraction of sp³-hybridized carbons (Fsp3) is 0.833. The standard InChI is InChI=1S/C6H14N4O2/c1-9-5(8)4(7)6(12)10(9)2-3-11/h4-5,11H,2-3,7-8H2,1H3. The van der Waals surface area contributed by atoms with Crippen molar-refractivity contribution in [2.24, 2.45) is 11.5 Å². The number of β-amino-alcohol motifs (C(OH)–C–C–N with tert-alkyl or cyclic N) is 1. The molecule has 6 heteroatoms. The Hall–Kier alpha value is -0.690. The van der Waals surface area contributed by atoms with E-state index in [1.54, 1.807) is 12.1 Å². The predicted octanol–water partition coefficient (Wildman–Crippen LogP) is -2.72. The van der Waals surface area contributed by atoms with Gasteiger partial charge in [0.05, 0.1) is 13.2 Å². The summed E-state index contributed by atoms with van der Waals surface area (Å²) in [5.41, 5.74) is 11.1. The Balaban J connectivity index is 2.69. The number of hydrogen-bond acceptors (Lipinski definition) is 5. The van der Waals surface area contributed by atoms with E-state index in [9.17, 15) is 4.79 Å². The molecule has 1 aliphatic rings. The summed E-state index contributed by atoms with van der Waals surface area (Å²) in [6.07, 6.45) is -0.482. The first-order valence-electron chi connectivity index (χ1n) is 3.75. The molecule has 6 nitrogen and oxygen atoms in total. The monoisotopic (exact) mass is 174 g/mol. The number of aliphatic hydroxyl groups is 1. The zero-order valence-electron chi connectivity index (χ0n) is 6.97. The molecule has 0 aromatic heterocycles. The number of nitrogens with two attached hydrogens (primary N) is 2. The highest BCUT2D eigenvalue weighted by Gasteiger charge is 2.39. The van der Waals surface area contributed by atoms with Crippen LogP contribution in [0, 0.1) is 0 Å². The summed E-state index contributed by atoms with van der Waals surface area (Å²) in [6.45, 7) is 0.159. The maximum atomic E-state index is 11.3. The van der Waals surface area contributed by atoms with Gasteiger partial charge in [-0.15, -0.1) is 0 Å². The van der Waals surface area contributed by atoms with Gasteiger partial charge in [0.25, 0.3) is 5.91 Å². The van der Waals surface area contributed by atoms with E-state index in [0.29, 0.717) is 0 Å². The number of carbonyl (C=O) groups is 1. The van der Waals surface area contributed by atoms with E-state index in [2.05, 4.69) is 0 Å². The first kappa shape index (κ1) is 9.40. The quantitative estimate of drug-likeness (QED) is 0.422. The van der Waals surface area contributed by atoms with E-state index in [1.807, 2.05) is 0 Å². The average molecular weight is 174 g/mol. The van der Waals surface area contributed by atoms with Crippen LogP contribution in [0.2, 0.25) is 0 Å². The Labute approximate surface area is 70.7 Å². The van der Waals surface area contributed by atoms with Gasteiger partial charge in [0.1, 0.15) is 12.2 Å². The Morgan fingerprint density at radius 1 is 1.58 bits per heavy atom. The Morgan fingerprint density at radius 2 is 2.17 bits per heavy atom. The zero-order valence-corrected chi connectivity index (χ0v) is 6.97. The summed E-state index contributed by atoms with van der Waals surface area (Å²) in [4.78, 5) is 11.3. The molecule has 0 aromatic carbocycles. The minimum atomic E-state index is -0.679. The Kier molecular flexibility index (Phi) is 2.63. The van der Waals surface area contributed by atoms with Gasteiger partial charge in [0.15, 0.2) is 0 Å². The van der Waals surface area contributed by atoms with E-state index in [4.69, 9.17) is 16.6 Å². The molecular weight excluding hydrogens is 160 g/mol. The fourth-order valence-corrected chi connectivity index (χ4v) is 1.23. The summed E-state index contributed by atoms with van der Waals surface area (Å²) in [6, 6.07) is -0.679. The van der Waals surface area contributed by atoms with Crippen molar-refractivity contribution in [3.8, 4) is 0 Å². The van der Waals surface area contributed by atoms with Crippen molar-refractivity contribution in [1.29, 1.82) is 0 Å². The van der Waals surface area contributed by atoms with Crippen LogP contribution >= 0.6 is 0 Å². The van der Waals surface area contributed by atoms with Crippen molar-refractivity contribution in [1.82, 2.24) is 10.0 Å². The van der Waals surface area contributed by atoms with Crippen LogP contribution in [0.25, 0.3) is 0 Å². The number of rotatable bonds is 2. The maximum absolute atomic E-state index is 11.3. The van der Waals surface area contributed by atoms with Crippen LogP contribution in [0.3, 0.4) is 0 Å². The molecule has 0 bridgehead atoms. The Morgan fingerprint density at radius 3 is 2.50 bits per heavy atom. The molecule has 0 radical (unpaired) electrons. The average Bonchev–Trinajstić information content (AvgIpc) is 2.23. The molecule has 0 aromatic rings. The highest BCUT2D eigenvalue weighted by Crippen LogP contribution is 2.11. The predicted molar refractivity (Wildman–Crippen MR) is 42.5 cm³/mol. The van der Waals surface area contributed by atoms with Crippen molar-refractivity contribution >= 4 is 5.91 Å². The molecule has 0 spiro atoms. The SMILES string of the molecule is CN1C(N)C(N)C(=O)N1CCO. The van der Waals surface area contributed by atoms with E-state index >= 15 is 0 Å². The molecule has 1 rings (SSSR count). The van der Waals surface area contributed by atoms with Crippen LogP contribution in [-0.4, -0.2) is 53.4 Å². The lowest BCUT2D eigenvalue weighted by Gasteiger charge is -2.25. The summed E-state index contributed by atoms with van der Waals surface area (Å²) in [5.74, 6) is -0.237. The van der Waals surface area contributed by atoms with Gasteiger partial charge >= 0.3 is 0 Å². The third-order valence-corrected chi connectivity index (χ3v) is 2.03. The maximum Gasteiger partial charge on any atom is 0.256 e. The van der Waals surface area contributed by atoms with Gasteiger partial charge in [-0.2, -0.15) is 0 Å². The number of aliphatic hydroxyl groups excluding tert-OH is 1. The summed E-state index contributed by atoms with van der Waals surface area (Å²) >= 11 is 0. The van der Waals surface area contributed by atoms with Crippen LogP contribution < -0.4 is 11.5 Å². The summed E-state index contributed by atoms with van der Waals surface area (Å²) in [5, 5.41) is 11.5. The molecule has 1 fully saturated rings. The third-order valence-electron chi connectivity index (χ3n) is 2.03. The second-order valence-electron chi connectivity index (χ2n) is 2.78. The van der Waals surface area contributed by atoms with Crippen LogP contribution in [0.15, 0.2) is 0 Å². The number of amides is 1. The highest BCUT2D eigenvalue weighted by atomic mass is 16.3. The lowest BCUT2D eigenvalue weighted by atomic mass is 10.2. The van der Waals surface area contributed by atoms with Gasteiger partial charge in [-0.25, -0.2) is 5.01 Å². The first-order chi connectivity index (χ1) is 5.59.